The van der Waals surface area contributed by atoms with Gasteiger partial charge in [0.15, 0.2) is 5.78 Å². The number of hydrogen-bond acceptors (Lipinski definition) is 3. The Morgan fingerprint density at radius 1 is 1.32 bits per heavy atom. The van der Waals surface area contributed by atoms with E-state index in [0.717, 1.165) is 5.56 Å². The van der Waals surface area contributed by atoms with E-state index in [1.165, 1.54) is 12.3 Å². The summed E-state index contributed by atoms with van der Waals surface area (Å²) in [5, 5.41) is 8.78. The smallest absolute Gasteiger partial charge is 0.352 e. The lowest BCUT2D eigenvalue weighted by molar-refractivity contribution is 0.0691. The van der Waals surface area contributed by atoms with Crippen molar-refractivity contribution in [2.45, 2.75) is 6.42 Å². The number of Topliss-reactive ketones (excluding diaryl/α,β-unsaturated/α-hetero) is 1. The lowest BCUT2D eigenvalue weighted by Gasteiger charge is -2.03. The van der Waals surface area contributed by atoms with Gasteiger partial charge in [0.05, 0.1) is 7.11 Å². The summed E-state index contributed by atoms with van der Waals surface area (Å²) in [5.41, 5.74) is 1.19. The van der Waals surface area contributed by atoms with Crippen LogP contribution in [0, 0.1) is 0 Å². The summed E-state index contributed by atoms with van der Waals surface area (Å²) >= 11 is 0. The Kier molecular flexibility index (Phi) is 3.66. The molecule has 0 fully saturated rings. The number of carboxylic acid groups (broad SMARTS) is 1. The van der Waals surface area contributed by atoms with Crippen molar-refractivity contribution >= 4 is 11.8 Å². The Morgan fingerprint density at radius 3 is 2.74 bits per heavy atom. The molecule has 2 rings (SSSR count). The summed E-state index contributed by atoms with van der Waals surface area (Å²) in [4.78, 5) is 25.3. The van der Waals surface area contributed by atoms with Crippen LogP contribution in [0.3, 0.4) is 0 Å². The third-order valence-electron chi connectivity index (χ3n) is 2.73. The molecule has 19 heavy (non-hydrogen) atoms. The zero-order valence-corrected chi connectivity index (χ0v) is 10.3. The van der Waals surface area contributed by atoms with Crippen LogP contribution in [0.5, 0.6) is 5.75 Å². The van der Waals surface area contributed by atoms with Gasteiger partial charge >= 0.3 is 5.97 Å². The fraction of sp³-hybridized carbons (Fsp3) is 0.143. The Bertz CT molecular complexity index is 615. The van der Waals surface area contributed by atoms with Gasteiger partial charge in [0.1, 0.15) is 11.4 Å². The van der Waals surface area contributed by atoms with Gasteiger partial charge in [0, 0.05) is 18.2 Å². The predicted octanol–water partition coefficient (Wildman–Crippen LogP) is 2.15. The highest BCUT2D eigenvalue weighted by Gasteiger charge is 2.12. The Labute approximate surface area is 109 Å². The average molecular weight is 259 g/mol. The van der Waals surface area contributed by atoms with E-state index in [0.29, 0.717) is 11.3 Å². The summed E-state index contributed by atoms with van der Waals surface area (Å²) in [7, 11) is 1.56. The molecule has 1 heterocycles. The molecule has 0 bridgehead atoms. The van der Waals surface area contributed by atoms with Gasteiger partial charge in [-0.3, -0.25) is 4.79 Å². The number of aromatic nitrogens is 1. The topological polar surface area (TPSA) is 79.4 Å². The molecular weight excluding hydrogens is 246 g/mol. The van der Waals surface area contributed by atoms with Crippen LogP contribution in [0.25, 0.3) is 0 Å². The standard InChI is InChI=1S/C14H13NO4/c1-19-11-4-2-3-9(5-11)6-13(16)10-7-12(14(17)18)15-8-10/h2-5,7-8,15H,6H2,1H3,(H,17,18). The predicted molar refractivity (Wildman–Crippen MR) is 68.8 cm³/mol. The number of carbonyl (C=O) groups is 2. The highest BCUT2D eigenvalue weighted by atomic mass is 16.5. The molecule has 0 amide bonds. The molecule has 5 heteroatoms. The van der Waals surface area contributed by atoms with E-state index in [1.54, 1.807) is 25.3 Å². The maximum absolute atomic E-state index is 12.0. The molecule has 0 atom stereocenters. The molecule has 98 valence electrons. The molecule has 2 aromatic rings. The van der Waals surface area contributed by atoms with Crippen molar-refractivity contribution in [1.82, 2.24) is 4.98 Å². The molecule has 0 radical (unpaired) electrons. The summed E-state index contributed by atoms with van der Waals surface area (Å²) < 4.78 is 5.08. The number of aromatic amines is 1. The van der Waals surface area contributed by atoms with Crippen LogP contribution < -0.4 is 4.74 Å². The SMILES string of the molecule is COc1cccc(CC(=O)c2c[nH]c(C(=O)O)c2)c1. The lowest BCUT2D eigenvalue weighted by atomic mass is 10.0. The van der Waals surface area contributed by atoms with Gasteiger partial charge in [0.25, 0.3) is 0 Å². The number of rotatable bonds is 5. The van der Waals surface area contributed by atoms with E-state index in [1.807, 2.05) is 6.07 Å². The minimum absolute atomic E-state index is 0.00833. The molecule has 5 nitrogen and oxygen atoms in total. The van der Waals surface area contributed by atoms with Crippen LogP contribution in [0.1, 0.15) is 26.4 Å². The van der Waals surface area contributed by atoms with Crippen molar-refractivity contribution < 1.29 is 19.4 Å². The third kappa shape index (κ3) is 3.01. The fourth-order valence-corrected chi connectivity index (χ4v) is 1.75. The minimum atomic E-state index is -1.08. The van der Waals surface area contributed by atoms with Crippen molar-refractivity contribution in [2.24, 2.45) is 0 Å². The maximum atomic E-state index is 12.0. The fourth-order valence-electron chi connectivity index (χ4n) is 1.75. The summed E-state index contributed by atoms with van der Waals surface area (Å²) in [6, 6.07) is 8.55. The first kappa shape index (κ1) is 12.9. The quantitative estimate of drug-likeness (QED) is 0.806. The number of benzene rings is 1. The van der Waals surface area contributed by atoms with E-state index in [-0.39, 0.29) is 17.9 Å². The minimum Gasteiger partial charge on any atom is -0.497 e. The van der Waals surface area contributed by atoms with Gasteiger partial charge in [0.2, 0.25) is 0 Å². The second-order valence-electron chi connectivity index (χ2n) is 4.06. The molecule has 0 spiro atoms. The summed E-state index contributed by atoms with van der Waals surface area (Å²) in [5.74, 6) is -0.539. The van der Waals surface area contributed by atoms with Gasteiger partial charge in [-0.2, -0.15) is 0 Å². The number of H-pyrrole nitrogens is 1. The Morgan fingerprint density at radius 2 is 2.11 bits per heavy atom. The summed E-state index contributed by atoms with van der Waals surface area (Å²) in [6.45, 7) is 0. The normalized spacial score (nSPS) is 10.2. The number of nitrogens with one attached hydrogen (secondary N) is 1. The van der Waals surface area contributed by atoms with E-state index in [2.05, 4.69) is 4.98 Å². The van der Waals surface area contributed by atoms with Crippen molar-refractivity contribution in [2.75, 3.05) is 7.11 Å². The highest BCUT2D eigenvalue weighted by Crippen LogP contribution is 2.15. The van der Waals surface area contributed by atoms with Gasteiger partial charge < -0.3 is 14.8 Å². The zero-order valence-electron chi connectivity index (χ0n) is 10.3. The molecule has 0 aliphatic heterocycles. The molecule has 1 aromatic carbocycles. The first-order chi connectivity index (χ1) is 9.10. The first-order valence-electron chi connectivity index (χ1n) is 5.68. The number of ether oxygens (including phenoxy) is 1. The molecule has 0 unspecified atom stereocenters. The van der Waals surface area contributed by atoms with Crippen molar-refractivity contribution in [3.63, 3.8) is 0 Å². The van der Waals surface area contributed by atoms with Crippen LogP contribution in [0.2, 0.25) is 0 Å². The van der Waals surface area contributed by atoms with Crippen LogP contribution >= 0.6 is 0 Å². The van der Waals surface area contributed by atoms with Crippen LogP contribution in [0.15, 0.2) is 36.5 Å². The number of aromatic carboxylic acids is 1. The van der Waals surface area contributed by atoms with Gasteiger partial charge in [-0.15, -0.1) is 0 Å². The number of carboxylic acids is 1. The second-order valence-corrected chi connectivity index (χ2v) is 4.06. The van der Waals surface area contributed by atoms with E-state index in [9.17, 15) is 9.59 Å². The van der Waals surface area contributed by atoms with Crippen molar-refractivity contribution in [1.29, 1.82) is 0 Å². The van der Waals surface area contributed by atoms with Crippen molar-refractivity contribution in [3.05, 3.63) is 53.3 Å². The van der Waals surface area contributed by atoms with E-state index >= 15 is 0 Å². The van der Waals surface area contributed by atoms with Crippen LogP contribution in [-0.2, 0) is 6.42 Å². The number of methoxy groups -OCH3 is 1. The molecule has 2 N–H and O–H groups in total. The lowest BCUT2D eigenvalue weighted by Crippen LogP contribution is -2.02. The highest BCUT2D eigenvalue weighted by molar-refractivity contribution is 5.99. The molecular formula is C14H13NO4. The molecule has 0 aliphatic carbocycles. The van der Waals surface area contributed by atoms with Gasteiger partial charge in [-0.05, 0) is 23.8 Å². The molecule has 1 aromatic heterocycles. The van der Waals surface area contributed by atoms with Crippen LogP contribution in [0.4, 0.5) is 0 Å². The average Bonchev–Trinajstić information content (AvgIpc) is 2.89. The van der Waals surface area contributed by atoms with Crippen LogP contribution in [-0.4, -0.2) is 29.0 Å². The van der Waals surface area contributed by atoms with E-state index < -0.39 is 5.97 Å². The first-order valence-corrected chi connectivity index (χ1v) is 5.68. The van der Waals surface area contributed by atoms with Crippen molar-refractivity contribution in [3.8, 4) is 5.75 Å². The Hall–Kier alpha value is -2.56. The largest absolute Gasteiger partial charge is 0.497 e. The monoisotopic (exact) mass is 259 g/mol. The molecule has 0 saturated carbocycles. The second kappa shape index (κ2) is 5.39. The summed E-state index contributed by atoms with van der Waals surface area (Å²) in [6.07, 6.45) is 1.61. The number of hydrogen-bond donors (Lipinski definition) is 2. The number of carbonyl (C=O) groups excluding carboxylic acids is 1. The molecule has 0 aliphatic rings. The molecule has 0 saturated heterocycles. The number of ketones is 1. The third-order valence-corrected chi connectivity index (χ3v) is 2.73. The Balaban J connectivity index is 2.13. The van der Waals surface area contributed by atoms with E-state index in [4.69, 9.17) is 9.84 Å². The zero-order chi connectivity index (χ0) is 13.8. The van der Waals surface area contributed by atoms with Gasteiger partial charge in [-0.1, -0.05) is 12.1 Å². The maximum Gasteiger partial charge on any atom is 0.352 e. The van der Waals surface area contributed by atoms with Gasteiger partial charge in [-0.25, -0.2) is 4.79 Å².